The zero-order chi connectivity index (χ0) is 15.1. The van der Waals surface area contributed by atoms with Crippen LogP contribution in [0, 0.1) is 0 Å². The number of nitrogens with one attached hydrogen (secondary N) is 1. The number of aromatic nitrogens is 1. The third-order valence-electron chi connectivity index (χ3n) is 4.31. The lowest BCUT2D eigenvalue weighted by molar-refractivity contribution is 0.270. The Morgan fingerprint density at radius 3 is 2.91 bits per heavy atom. The Balaban J connectivity index is 1.88. The normalized spacial score (nSPS) is 15.2. The monoisotopic (exact) mass is 329 g/mol. The van der Waals surface area contributed by atoms with Gasteiger partial charge in [0.2, 0.25) is 0 Å². The molecule has 1 aromatic carbocycles. The molecule has 0 amide bonds. The standard InChI is InChI=1S/C17H19N3S2/c1-3-20-9-8-13-11(10-20)15(16(18-2)21-13)17-19-12-6-4-5-7-14(12)22-17/h4-7,18H,3,8-10H2,1-2H3. The van der Waals surface area contributed by atoms with Crippen molar-refractivity contribution in [3.63, 3.8) is 0 Å². The lowest BCUT2D eigenvalue weighted by Crippen LogP contribution is -2.29. The number of hydrogen-bond donors (Lipinski definition) is 1. The molecule has 1 aliphatic heterocycles. The summed E-state index contributed by atoms with van der Waals surface area (Å²) >= 11 is 3.71. The van der Waals surface area contributed by atoms with E-state index < -0.39 is 0 Å². The maximum Gasteiger partial charge on any atom is 0.127 e. The summed E-state index contributed by atoms with van der Waals surface area (Å²) < 4.78 is 1.27. The van der Waals surface area contributed by atoms with Crippen LogP contribution in [0.4, 0.5) is 5.00 Å². The molecule has 3 nitrogen and oxygen atoms in total. The number of para-hydroxylation sites is 1. The Bertz CT molecular complexity index is 786. The first-order valence-electron chi connectivity index (χ1n) is 7.70. The van der Waals surface area contributed by atoms with Crippen LogP contribution in [0.2, 0.25) is 0 Å². The lowest BCUT2D eigenvalue weighted by Gasteiger charge is -2.25. The van der Waals surface area contributed by atoms with E-state index in [2.05, 4.69) is 41.4 Å². The minimum absolute atomic E-state index is 1.05. The van der Waals surface area contributed by atoms with Gasteiger partial charge >= 0.3 is 0 Å². The molecule has 0 saturated carbocycles. The summed E-state index contributed by atoms with van der Waals surface area (Å²) in [6.07, 6.45) is 1.16. The number of anilines is 1. The number of rotatable bonds is 3. The van der Waals surface area contributed by atoms with Crippen molar-refractivity contribution in [2.24, 2.45) is 0 Å². The number of likely N-dealkylation sites (N-methyl/N-ethyl adjacent to an activating group) is 1. The van der Waals surface area contributed by atoms with Crippen LogP contribution in [0.3, 0.4) is 0 Å². The SMILES string of the molecule is CCN1CCc2sc(NC)c(-c3nc4ccccc4s3)c2C1. The molecule has 5 heteroatoms. The van der Waals surface area contributed by atoms with Gasteiger partial charge in [-0.2, -0.15) is 0 Å². The molecular formula is C17H19N3S2. The minimum Gasteiger partial charge on any atom is -0.379 e. The zero-order valence-corrected chi connectivity index (χ0v) is 14.5. The van der Waals surface area contributed by atoms with Gasteiger partial charge in [-0.15, -0.1) is 22.7 Å². The van der Waals surface area contributed by atoms with Gasteiger partial charge in [0, 0.05) is 30.6 Å². The molecule has 3 aromatic rings. The smallest absolute Gasteiger partial charge is 0.127 e. The molecule has 0 spiro atoms. The highest BCUT2D eigenvalue weighted by molar-refractivity contribution is 7.22. The van der Waals surface area contributed by atoms with Crippen LogP contribution >= 0.6 is 22.7 Å². The van der Waals surface area contributed by atoms with E-state index in [1.54, 1.807) is 11.3 Å². The molecule has 0 aliphatic carbocycles. The molecule has 1 aliphatic rings. The summed E-state index contributed by atoms with van der Waals surface area (Å²) in [5, 5.41) is 5.81. The predicted octanol–water partition coefficient (Wildman–Crippen LogP) is 4.44. The fourth-order valence-electron chi connectivity index (χ4n) is 3.10. The average molecular weight is 329 g/mol. The quantitative estimate of drug-likeness (QED) is 0.770. The van der Waals surface area contributed by atoms with E-state index >= 15 is 0 Å². The largest absolute Gasteiger partial charge is 0.379 e. The van der Waals surface area contributed by atoms with Gasteiger partial charge in [-0.1, -0.05) is 19.1 Å². The molecule has 0 bridgehead atoms. The van der Waals surface area contributed by atoms with Gasteiger partial charge in [0.1, 0.15) is 5.01 Å². The molecule has 0 saturated heterocycles. The highest BCUT2D eigenvalue weighted by Crippen LogP contribution is 2.45. The molecule has 0 fully saturated rings. The molecule has 0 unspecified atom stereocenters. The van der Waals surface area contributed by atoms with Gasteiger partial charge in [0.25, 0.3) is 0 Å². The van der Waals surface area contributed by atoms with Crippen molar-refractivity contribution in [1.82, 2.24) is 9.88 Å². The second kappa shape index (κ2) is 5.65. The number of benzene rings is 1. The van der Waals surface area contributed by atoms with Crippen molar-refractivity contribution in [3.8, 4) is 10.6 Å². The number of nitrogens with zero attached hydrogens (tertiary/aromatic N) is 2. The van der Waals surface area contributed by atoms with E-state index in [1.807, 2.05) is 18.4 Å². The van der Waals surface area contributed by atoms with Crippen LogP contribution in [-0.2, 0) is 13.0 Å². The average Bonchev–Trinajstić information content (AvgIpc) is 3.14. The first-order chi connectivity index (χ1) is 10.8. The van der Waals surface area contributed by atoms with E-state index in [0.717, 1.165) is 30.0 Å². The Kier molecular flexibility index (Phi) is 3.64. The predicted molar refractivity (Wildman–Crippen MR) is 97.1 cm³/mol. The third kappa shape index (κ3) is 2.24. The van der Waals surface area contributed by atoms with E-state index in [9.17, 15) is 0 Å². The number of fused-ring (bicyclic) bond motifs is 2. The first kappa shape index (κ1) is 14.2. The van der Waals surface area contributed by atoms with Crippen molar-refractivity contribution in [2.45, 2.75) is 19.9 Å². The summed E-state index contributed by atoms with van der Waals surface area (Å²) in [6.45, 7) is 5.58. The van der Waals surface area contributed by atoms with Crippen molar-refractivity contribution in [3.05, 3.63) is 34.7 Å². The highest BCUT2D eigenvalue weighted by Gasteiger charge is 2.26. The summed E-state index contributed by atoms with van der Waals surface area (Å²) in [6, 6.07) is 8.41. The van der Waals surface area contributed by atoms with Gasteiger partial charge in [-0.3, -0.25) is 4.90 Å². The molecule has 3 heterocycles. The van der Waals surface area contributed by atoms with Crippen molar-refractivity contribution < 1.29 is 0 Å². The van der Waals surface area contributed by atoms with Crippen LogP contribution in [-0.4, -0.2) is 30.0 Å². The van der Waals surface area contributed by atoms with Crippen LogP contribution in [0.1, 0.15) is 17.4 Å². The second-order valence-corrected chi connectivity index (χ2v) is 7.70. The molecule has 22 heavy (non-hydrogen) atoms. The van der Waals surface area contributed by atoms with Crippen LogP contribution in [0.5, 0.6) is 0 Å². The Morgan fingerprint density at radius 2 is 2.14 bits per heavy atom. The molecule has 4 rings (SSSR count). The Hall–Kier alpha value is -1.43. The highest BCUT2D eigenvalue weighted by atomic mass is 32.1. The summed E-state index contributed by atoms with van der Waals surface area (Å²) in [5.74, 6) is 0. The first-order valence-corrected chi connectivity index (χ1v) is 9.34. The van der Waals surface area contributed by atoms with Crippen molar-refractivity contribution in [1.29, 1.82) is 0 Å². The summed E-state index contributed by atoms with van der Waals surface area (Å²) in [5.41, 5.74) is 3.93. The number of hydrogen-bond acceptors (Lipinski definition) is 5. The minimum atomic E-state index is 1.05. The zero-order valence-electron chi connectivity index (χ0n) is 12.8. The fraction of sp³-hybridized carbons (Fsp3) is 0.353. The van der Waals surface area contributed by atoms with Crippen molar-refractivity contribution in [2.75, 3.05) is 25.5 Å². The van der Waals surface area contributed by atoms with E-state index in [-0.39, 0.29) is 0 Å². The van der Waals surface area contributed by atoms with Crippen LogP contribution in [0.25, 0.3) is 20.8 Å². The molecule has 0 atom stereocenters. The van der Waals surface area contributed by atoms with Gasteiger partial charge in [0.05, 0.1) is 15.2 Å². The Morgan fingerprint density at radius 1 is 1.27 bits per heavy atom. The topological polar surface area (TPSA) is 28.2 Å². The van der Waals surface area contributed by atoms with Gasteiger partial charge in [-0.25, -0.2) is 4.98 Å². The Labute approximate surface area is 138 Å². The molecule has 1 N–H and O–H groups in total. The number of thiophene rings is 1. The van der Waals surface area contributed by atoms with Crippen LogP contribution < -0.4 is 5.32 Å². The van der Waals surface area contributed by atoms with E-state index in [4.69, 9.17) is 4.98 Å². The third-order valence-corrected chi connectivity index (χ3v) is 6.67. The lowest BCUT2D eigenvalue weighted by atomic mass is 10.0. The molecular weight excluding hydrogens is 310 g/mol. The van der Waals surface area contributed by atoms with Crippen LogP contribution in [0.15, 0.2) is 24.3 Å². The maximum atomic E-state index is 4.89. The molecule has 114 valence electrons. The summed E-state index contributed by atoms with van der Waals surface area (Å²) in [7, 11) is 2.02. The van der Waals surface area contributed by atoms with Gasteiger partial charge in [0.15, 0.2) is 0 Å². The van der Waals surface area contributed by atoms with Gasteiger partial charge < -0.3 is 5.32 Å². The van der Waals surface area contributed by atoms with Gasteiger partial charge in [-0.05, 0) is 30.7 Å². The number of thiazole rings is 1. The molecule has 2 aromatic heterocycles. The summed E-state index contributed by atoms with van der Waals surface area (Å²) in [4.78, 5) is 8.94. The van der Waals surface area contributed by atoms with E-state index in [0.29, 0.717) is 0 Å². The maximum absolute atomic E-state index is 4.89. The molecule has 0 radical (unpaired) electrons. The van der Waals surface area contributed by atoms with E-state index in [1.165, 1.54) is 32.2 Å². The van der Waals surface area contributed by atoms with Crippen molar-refractivity contribution >= 4 is 37.9 Å². The second-order valence-electron chi connectivity index (χ2n) is 5.56. The fourth-order valence-corrected chi connectivity index (χ4v) is 5.36.